The summed E-state index contributed by atoms with van der Waals surface area (Å²) >= 11 is 0. The van der Waals surface area contributed by atoms with Gasteiger partial charge in [0, 0.05) is 12.6 Å². The van der Waals surface area contributed by atoms with Crippen LogP contribution in [0.2, 0.25) is 0 Å². The number of benzene rings is 1. The number of nitrogens with zero attached hydrogens (tertiary/aromatic N) is 2. The third kappa shape index (κ3) is 6.28. The summed E-state index contributed by atoms with van der Waals surface area (Å²) < 4.78 is 5.95. The van der Waals surface area contributed by atoms with Crippen molar-refractivity contribution in [3.05, 3.63) is 29.8 Å². The number of piperidine rings is 1. The van der Waals surface area contributed by atoms with E-state index in [1.807, 2.05) is 0 Å². The predicted molar refractivity (Wildman–Crippen MR) is 110 cm³/mol. The highest BCUT2D eigenvalue weighted by molar-refractivity contribution is 5.27. The Balaban J connectivity index is 1.33. The van der Waals surface area contributed by atoms with E-state index in [1.54, 1.807) is 0 Å². The lowest BCUT2D eigenvalue weighted by molar-refractivity contribution is 0.193. The molecule has 146 valence electrons. The van der Waals surface area contributed by atoms with Gasteiger partial charge in [-0.1, -0.05) is 18.6 Å². The van der Waals surface area contributed by atoms with Crippen LogP contribution in [0.1, 0.15) is 56.9 Å². The normalized spacial score (nSPS) is 24.7. The monoisotopic (exact) mass is 358 g/mol. The van der Waals surface area contributed by atoms with Crippen LogP contribution >= 0.6 is 0 Å². The molecule has 1 saturated carbocycles. The van der Waals surface area contributed by atoms with E-state index in [9.17, 15) is 0 Å². The molecule has 0 spiro atoms. The van der Waals surface area contributed by atoms with Crippen LogP contribution in [0.3, 0.4) is 0 Å². The van der Waals surface area contributed by atoms with Crippen molar-refractivity contribution in [1.29, 1.82) is 0 Å². The molecule has 2 aliphatic rings. The van der Waals surface area contributed by atoms with Crippen molar-refractivity contribution in [3.8, 4) is 5.75 Å². The van der Waals surface area contributed by atoms with Crippen LogP contribution in [0.25, 0.3) is 0 Å². The van der Waals surface area contributed by atoms with Crippen LogP contribution < -0.4 is 4.74 Å². The largest absolute Gasteiger partial charge is 0.494 e. The zero-order valence-electron chi connectivity index (χ0n) is 17.0. The standard InChI is InChI=1S/C23H38N2O/c1-24(2)22-11-7-20(8-12-22)19-21-9-13-23(14-10-21)26-18-6-17-25-15-4-3-5-16-25/h9-10,13-14,20,22H,3-8,11-12,15-19H2,1-2H3/t20-,22+. The Morgan fingerprint density at radius 1 is 0.962 bits per heavy atom. The Bertz CT molecular complexity index is 499. The number of likely N-dealkylation sites (tertiary alicyclic amines) is 1. The van der Waals surface area contributed by atoms with Crippen LogP contribution in [-0.4, -0.2) is 56.2 Å². The van der Waals surface area contributed by atoms with E-state index in [2.05, 4.69) is 48.2 Å². The molecule has 1 saturated heterocycles. The van der Waals surface area contributed by atoms with Gasteiger partial charge in [-0.2, -0.15) is 0 Å². The fraction of sp³-hybridized carbons (Fsp3) is 0.739. The highest BCUT2D eigenvalue weighted by Crippen LogP contribution is 2.29. The van der Waals surface area contributed by atoms with Gasteiger partial charge < -0.3 is 14.5 Å². The molecule has 0 bridgehead atoms. The van der Waals surface area contributed by atoms with Gasteiger partial charge in [-0.3, -0.25) is 0 Å². The molecule has 0 N–H and O–H groups in total. The molecular formula is C23H38N2O. The van der Waals surface area contributed by atoms with Crippen molar-refractivity contribution in [3.63, 3.8) is 0 Å². The van der Waals surface area contributed by atoms with Gasteiger partial charge in [0.1, 0.15) is 5.75 Å². The van der Waals surface area contributed by atoms with Crippen LogP contribution in [0.5, 0.6) is 5.75 Å². The van der Waals surface area contributed by atoms with Crippen LogP contribution in [0.15, 0.2) is 24.3 Å². The quantitative estimate of drug-likeness (QED) is 0.632. The third-order valence-electron chi connectivity index (χ3n) is 6.33. The number of hydrogen-bond acceptors (Lipinski definition) is 3. The zero-order chi connectivity index (χ0) is 18.2. The second-order valence-corrected chi connectivity index (χ2v) is 8.59. The summed E-state index contributed by atoms with van der Waals surface area (Å²) in [5.74, 6) is 1.89. The van der Waals surface area contributed by atoms with Gasteiger partial charge in [0.25, 0.3) is 0 Å². The molecule has 0 aromatic heterocycles. The summed E-state index contributed by atoms with van der Waals surface area (Å²) in [6, 6.07) is 9.69. The molecule has 0 radical (unpaired) electrons. The first kappa shape index (κ1) is 19.7. The summed E-state index contributed by atoms with van der Waals surface area (Å²) in [4.78, 5) is 4.98. The van der Waals surface area contributed by atoms with E-state index in [0.717, 1.165) is 30.7 Å². The van der Waals surface area contributed by atoms with Gasteiger partial charge >= 0.3 is 0 Å². The lowest BCUT2D eigenvalue weighted by Gasteiger charge is -2.32. The molecule has 1 heterocycles. The highest BCUT2D eigenvalue weighted by Gasteiger charge is 2.22. The van der Waals surface area contributed by atoms with E-state index in [-0.39, 0.29) is 0 Å². The third-order valence-corrected chi connectivity index (χ3v) is 6.33. The summed E-state index contributed by atoms with van der Waals surface area (Å²) in [6.45, 7) is 4.59. The molecule has 0 unspecified atom stereocenters. The van der Waals surface area contributed by atoms with Gasteiger partial charge in [0.2, 0.25) is 0 Å². The molecule has 1 aromatic rings. The summed E-state index contributed by atoms with van der Waals surface area (Å²) in [5.41, 5.74) is 1.47. The van der Waals surface area contributed by atoms with Crippen LogP contribution in [0, 0.1) is 5.92 Å². The maximum Gasteiger partial charge on any atom is 0.119 e. The molecular weight excluding hydrogens is 320 g/mol. The summed E-state index contributed by atoms with van der Waals surface area (Å²) in [7, 11) is 4.44. The van der Waals surface area contributed by atoms with Crippen molar-refractivity contribution < 1.29 is 4.74 Å². The Hall–Kier alpha value is -1.06. The molecule has 1 aliphatic heterocycles. The van der Waals surface area contributed by atoms with Gasteiger partial charge in [-0.25, -0.2) is 0 Å². The van der Waals surface area contributed by atoms with Crippen molar-refractivity contribution >= 4 is 0 Å². The first-order chi connectivity index (χ1) is 12.7. The molecule has 0 amide bonds. The van der Waals surface area contributed by atoms with Crippen molar-refractivity contribution in [2.45, 2.75) is 63.8 Å². The van der Waals surface area contributed by atoms with Gasteiger partial charge in [0.05, 0.1) is 6.61 Å². The van der Waals surface area contributed by atoms with Gasteiger partial charge in [0.15, 0.2) is 0 Å². The lowest BCUT2D eigenvalue weighted by atomic mass is 9.82. The molecule has 1 aliphatic carbocycles. The van der Waals surface area contributed by atoms with E-state index in [0.29, 0.717) is 0 Å². The Morgan fingerprint density at radius 3 is 2.31 bits per heavy atom. The number of rotatable bonds is 8. The fourth-order valence-corrected chi connectivity index (χ4v) is 4.58. The van der Waals surface area contributed by atoms with E-state index in [1.165, 1.54) is 76.6 Å². The van der Waals surface area contributed by atoms with Crippen LogP contribution in [0.4, 0.5) is 0 Å². The second kappa shape index (κ2) is 10.3. The van der Waals surface area contributed by atoms with Crippen molar-refractivity contribution in [2.24, 2.45) is 5.92 Å². The van der Waals surface area contributed by atoms with Crippen LogP contribution in [-0.2, 0) is 6.42 Å². The second-order valence-electron chi connectivity index (χ2n) is 8.59. The zero-order valence-corrected chi connectivity index (χ0v) is 17.0. The van der Waals surface area contributed by atoms with Gasteiger partial charge in [-0.05, 0) is 102 Å². The average molecular weight is 359 g/mol. The smallest absolute Gasteiger partial charge is 0.119 e. The maximum atomic E-state index is 5.95. The van der Waals surface area contributed by atoms with Crippen molar-refractivity contribution in [1.82, 2.24) is 9.80 Å². The first-order valence-corrected chi connectivity index (χ1v) is 10.8. The summed E-state index contributed by atoms with van der Waals surface area (Å²) in [5, 5.41) is 0. The number of ether oxygens (including phenoxy) is 1. The minimum absolute atomic E-state index is 0.798. The molecule has 3 heteroatoms. The Kier molecular flexibility index (Phi) is 7.82. The lowest BCUT2D eigenvalue weighted by Crippen LogP contribution is -2.32. The average Bonchev–Trinajstić information content (AvgIpc) is 2.68. The van der Waals surface area contributed by atoms with Crippen molar-refractivity contribution in [2.75, 3.05) is 40.3 Å². The SMILES string of the molecule is CN(C)[C@H]1CC[C@@H](Cc2ccc(OCCCN3CCCCC3)cc2)CC1. The molecule has 1 aromatic carbocycles. The summed E-state index contributed by atoms with van der Waals surface area (Å²) in [6.07, 6.45) is 12.0. The minimum Gasteiger partial charge on any atom is -0.494 e. The highest BCUT2D eigenvalue weighted by atomic mass is 16.5. The topological polar surface area (TPSA) is 15.7 Å². The predicted octanol–water partition coefficient (Wildman–Crippen LogP) is 4.60. The first-order valence-electron chi connectivity index (χ1n) is 10.8. The Morgan fingerprint density at radius 2 is 1.65 bits per heavy atom. The molecule has 3 rings (SSSR count). The Labute approximate surface area is 160 Å². The number of hydrogen-bond donors (Lipinski definition) is 0. The molecule has 0 atom stereocenters. The minimum atomic E-state index is 0.798. The molecule has 26 heavy (non-hydrogen) atoms. The van der Waals surface area contributed by atoms with Gasteiger partial charge in [-0.15, -0.1) is 0 Å². The van der Waals surface area contributed by atoms with E-state index >= 15 is 0 Å². The van der Waals surface area contributed by atoms with E-state index in [4.69, 9.17) is 4.74 Å². The molecule has 2 fully saturated rings. The maximum absolute atomic E-state index is 5.95. The fourth-order valence-electron chi connectivity index (χ4n) is 4.58. The molecule has 3 nitrogen and oxygen atoms in total. The van der Waals surface area contributed by atoms with E-state index < -0.39 is 0 Å².